The molecule has 1 aromatic rings. The lowest BCUT2D eigenvalue weighted by Gasteiger charge is -1.93. The van der Waals surface area contributed by atoms with Crippen LogP contribution >= 0.6 is 11.3 Å². The maximum absolute atomic E-state index is 11.0. The fourth-order valence-corrected chi connectivity index (χ4v) is 2.83. The molecule has 0 spiro atoms. The number of methoxy groups -OCH3 is 1. The molecule has 0 aliphatic rings. The fraction of sp³-hybridized carbons (Fsp3) is 0.143. The predicted octanol–water partition coefficient (Wildman–Crippen LogP) is 0.480. The number of carbonyl (C=O) groups is 2. The first kappa shape index (κ1) is 12.6. The van der Waals surface area contributed by atoms with E-state index in [1.54, 1.807) is 0 Å². The van der Waals surface area contributed by atoms with Gasteiger partial charge < -0.3 is 9.84 Å². The van der Waals surface area contributed by atoms with Gasteiger partial charge in [0.15, 0.2) is 0 Å². The number of hydrogen-bond donors (Lipinski definition) is 2. The Bertz CT molecular complexity index is 539. The molecule has 0 amide bonds. The number of carbonyl (C=O) groups excluding carboxylic acids is 1. The van der Waals surface area contributed by atoms with E-state index in [1.165, 1.54) is 0 Å². The van der Waals surface area contributed by atoms with Crippen LogP contribution in [0.15, 0.2) is 11.0 Å². The second-order valence-electron chi connectivity index (χ2n) is 2.58. The summed E-state index contributed by atoms with van der Waals surface area (Å²) in [6, 6.07) is 0.759. The average Bonchev–Trinajstić information content (AvgIpc) is 2.60. The molecule has 0 unspecified atom stereocenters. The SMILES string of the molecule is COC(=O)c1cc(S(=O)(=O)O)c(C(=O)O)s1. The van der Waals surface area contributed by atoms with Gasteiger partial charge in [0.2, 0.25) is 0 Å². The molecule has 1 heterocycles. The van der Waals surface area contributed by atoms with Crippen LogP contribution in [0.3, 0.4) is 0 Å². The summed E-state index contributed by atoms with van der Waals surface area (Å²) in [7, 11) is -3.61. The minimum absolute atomic E-state index is 0.215. The van der Waals surface area contributed by atoms with Gasteiger partial charge in [-0.3, -0.25) is 4.55 Å². The molecular formula is C7H6O7S2. The Kier molecular flexibility index (Phi) is 3.31. The molecule has 0 aliphatic heterocycles. The van der Waals surface area contributed by atoms with E-state index in [4.69, 9.17) is 9.66 Å². The van der Waals surface area contributed by atoms with E-state index in [-0.39, 0.29) is 4.88 Å². The molecule has 1 rings (SSSR count). The molecular weight excluding hydrogens is 260 g/mol. The van der Waals surface area contributed by atoms with Crippen molar-refractivity contribution in [2.75, 3.05) is 7.11 Å². The Hall–Kier alpha value is -1.45. The van der Waals surface area contributed by atoms with Crippen molar-refractivity contribution in [1.82, 2.24) is 0 Å². The third kappa shape index (κ3) is 2.38. The van der Waals surface area contributed by atoms with Crippen LogP contribution in [0.5, 0.6) is 0 Å². The Morgan fingerprint density at radius 2 is 2.00 bits per heavy atom. The van der Waals surface area contributed by atoms with Gasteiger partial charge in [0.25, 0.3) is 10.1 Å². The quantitative estimate of drug-likeness (QED) is 0.603. The first-order valence-electron chi connectivity index (χ1n) is 3.70. The fourth-order valence-electron chi connectivity index (χ4n) is 0.916. The largest absolute Gasteiger partial charge is 0.477 e. The van der Waals surface area contributed by atoms with Gasteiger partial charge in [-0.15, -0.1) is 11.3 Å². The molecule has 0 bridgehead atoms. The summed E-state index contributed by atoms with van der Waals surface area (Å²) in [5.74, 6) is -2.42. The highest BCUT2D eigenvalue weighted by Crippen LogP contribution is 2.26. The monoisotopic (exact) mass is 266 g/mol. The van der Waals surface area contributed by atoms with Gasteiger partial charge in [-0.2, -0.15) is 8.42 Å². The highest BCUT2D eigenvalue weighted by Gasteiger charge is 2.26. The Labute approximate surface area is 94.0 Å². The molecule has 7 nitrogen and oxygen atoms in total. The zero-order valence-corrected chi connectivity index (χ0v) is 9.46. The van der Waals surface area contributed by atoms with Crippen LogP contribution in [-0.4, -0.2) is 37.1 Å². The van der Waals surface area contributed by atoms with Crippen molar-refractivity contribution >= 4 is 33.4 Å². The first-order chi connectivity index (χ1) is 7.27. The lowest BCUT2D eigenvalue weighted by Crippen LogP contribution is -2.04. The van der Waals surface area contributed by atoms with Crippen LogP contribution in [0.2, 0.25) is 0 Å². The van der Waals surface area contributed by atoms with E-state index >= 15 is 0 Å². The molecule has 0 aliphatic carbocycles. The topological polar surface area (TPSA) is 118 Å². The number of esters is 1. The molecule has 9 heteroatoms. The molecule has 0 saturated heterocycles. The highest BCUT2D eigenvalue weighted by atomic mass is 32.2. The first-order valence-corrected chi connectivity index (χ1v) is 5.96. The zero-order valence-electron chi connectivity index (χ0n) is 7.83. The van der Waals surface area contributed by atoms with Gasteiger partial charge >= 0.3 is 11.9 Å². The highest BCUT2D eigenvalue weighted by molar-refractivity contribution is 7.86. The summed E-state index contributed by atoms with van der Waals surface area (Å²) in [6.07, 6.45) is 0. The molecule has 16 heavy (non-hydrogen) atoms. The second-order valence-corrected chi connectivity index (χ2v) is 5.02. The summed E-state index contributed by atoms with van der Waals surface area (Å²) in [6.45, 7) is 0. The number of thiophene rings is 1. The molecule has 1 aromatic heterocycles. The van der Waals surface area contributed by atoms with Crippen molar-refractivity contribution in [3.05, 3.63) is 15.8 Å². The molecule has 0 aromatic carbocycles. The molecule has 2 N–H and O–H groups in total. The number of rotatable bonds is 3. The van der Waals surface area contributed by atoms with Gasteiger partial charge in [-0.05, 0) is 6.07 Å². The van der Waals surface area contributed by atoms with E-state index in [1.807, 2.05) is 0 Å². The maximum Gasteiger partial charge on any atom is 0.348 e. The van der Waals surface area contributed by atoms with Gasteiger partial charge in [-0.1, -0.05) is 0 Å². The summed E-state index contributed by atoms with van der Waals surface area (Å²) in [5.41, 5.74) is 0. The number of aromatic carboxylic acids is 1. The van der Waals surface area contributed by atoms with Crippen LogP contribution in [0.25, 0.3) is 0 Å². The van der Waals surface area contributed by atoms with Crippen LogP contribution in [0.4, 0.5) is 0 Å². The Balaban J connectivity index is 3.44. The number of carboxylic acids is 1. The van der Waals surface area contributed by atoms with Crippen molar-refractivity contribution in [1.29, 1.82) is 0 Å². The zero-order chi connectivity index (χ0) is 12.5. The van der Waals surface area contributed by atoms with Crippen molar-refractivity contribution in [2.45, 2.75) is 4.90 Å². The Morgan fingerprint density at radius 1 is 1.44 bits per heavy atom. The van der Waals surface area contributed by atoms with E-state index in [0.29, 0.717) is 11.3 Å². The minimum atomic E-state index is -4.68. The smallest absolute Gasteiger partial charge is 0.348 e. The number of ether oxygens (including phenoxy) is 1. The lowest BCUT2D eigenvalue weighted by atomic mass is 10.4. The van der Waals surface area contributed by atoms with Gasteiger partial charge in [0, 0.05) is 0 Å². The summed E-state index contributed by atoms with van der Waals surface area (Å²) in [4.78, 5) is 20.1. The molecule has 0 saturated carbocycles. The average molecular weight is 266 g/mol. The molecule has 0 atom stereocenters. The summed E-state index contributed by atoms with van der Waals surface area (Å²) >= 11 is 0.414. The van der Waals surface area contributed by atoms with E-state index in [9.17, 15) is 18.0 Å². The van der Waals surface area contributed by atoms with Crippen LogP contribution in [0, 0.1) is 0 Å². The van der Waals surface area contributed by atoms with E-state index in [0.717, 1.165) is 13.2 Å². The second kappa shape index (κ2) is 4.20. The van der Waals surface area contributed by atoms with Crippen molar-refractivity contribution in [2.24, 2.45) is 0 Å². The molecule has 0 fully saturated rings. The maximum atomic E-state index is 11.0. The predicted molar refractivity (Wildman–Crippen MR) is 52.4 cm³/mol. The van der Waals surface area contributed by atoms with Crippen molar-refractivity contribution < 1.29 is 32.4 Å². The van der Waals surface area contributed by atoms with Gasteiger partial charge in [0.1, 0.15) is 14.6 Å². The van der Waals surface area contributed by atoms with Crippen molar-refractivity contribution in [3.8, 4) is 0 Å². The number of hydrogen-bond acceptors (Lipinski definition) is 6. The van der Waals surface area contributed by atoms with Crippen LogP contribution in [-0.2, 0) is 14.9 Å². The lowest BCUT2D eigenvalue weighted by molar-refractivity contribution is 0.0605. The van der Waals surface area contributed by atoms with Crippen LogP contribution < -0.4 is 0 Å². The van der Waals surface area contributed by atoms with Crippen LogP contribution in [0.1, 0.15) is 19.3 Å². The number of carboxylic acid groups (broad SMARTS) is 1. The normalized spacial score (nSPS) is 11.1. The Morgan fingerprint density at radius 3 is 2.31 bits per heavy atom. The standard InChI is InChI=1S/C7H6O7S2/c1-14-7(10)3-2-4(16(11,12)13)5(15-3)6(8)9/h2H,1H3,(H,8,9)(H,11,12,13). The summed E-state index contributed by atoms with van der Waals surface area (Å²) < 4.78 is 34.7. The minimum Gasteiger partial charge on any atom is -0.477 e. The van der Waals surface area contributed by atoms with E-state index in [2.05, 4.69) is 4.74 Å². The molecule has 88 valence electrons. The third-order valence-electron chi connectivity index (χ3n) is 1.56. The van der Waals surface area contributed by atoms with Gasteiger partial charge in [0.05, 0.1) is 7.11 Å². The summed E-state index contributed by atoms with van der Waals surface area (Å²) in [5, 5.41) is 8.68. The molecule has 0 radical (unpaired) electrons. The van der Waals surface area contributed by atoms with E-state index < -0.39 is 31.8 Å². The van der Waals surface area contributed by atoms with Crippen molar-refractivity contribution in [3.63, 3.8) is 0 Å². The third-order valence-corrected chi connectivity index (χ3v) is 3.67. The van der Waals surface area contributed by atoms with Gasteiger partial charge in [-0.25, -0.2) is 9.59 Å².